The second kappa shape index (κ2) is 7.19. The summed E-state index contributed by atoms with van der Waals surface area (Å²) in [6, 6.07) is 7.47. The van der Waals surface area contributed by atoms with Gasteiger partial charge >= 0.3 is 6.03 Å². The highest BCUT2D eigenvalue weighted by Gasteiger charge is 2.08. The Morgan fingerprint density at radius 1 is 1.47 bits per heavy atom. The number of nitrogens with one attached hydrogen (secondary N) is 2. The van der Waals surface area contributed by atoms with Crippen molar-refractivity contribution in [2.45, 2.75) is 17.9 Å². The molecule has 0 fully saturated rings. The molecule has 0 aromatic heterocycles. The first-order valence-electron chi connectivity index (χ1n) is 5.37. The normalized spacial score (nSPS) is 11.9. The summed E-state index contributed by atoms with van der Waals surface area (Å²) in [5.41, 5.74) is 0.821. The first-order valence-corrected chi connectivity index (χ1v) is 6.59. The molecule has 1 atom stereocenters. The predicted molar refractivity (Wildman–Crippen MR) is 71.7 cm³/mol. The molecule has 2 N–H and O–H groups in total. The van der Waals surface area contributed by atoms with Gasteiger partial charge in [0, 0.05) is 12.0 Å². The molecule has 1 aromatic carbocycles. The van der Waals surface area contributed by atoms with E-state index in [1.54, 1.807) is 18.9 Å². The van der Waals surface area contributed by atoms with E-state index in [4.69, 9.17) is 4.74 Å². The van der Waals surface area contributed by atoms with Gasteiger partial charge in [-0.2, -0.15) is 0 Å². The zero-order valence-electron chi connectivity index (χ0n) is 10.3. The molecule has 0 unspecified atom stereocenters. The summed E-state index contributed by atoms with van der Waals surface area (Å²) in [5, 5.41) is 5.62. The van der Waals surface area contributed by atoms with E-state index in [-0.39, 0.29) is 12.1 Å². The van der Waals surface area contributed by atoms with E-state index in [0.29, 0.717) is 6.61 Å². The van der Waals surface area contributed by atoms with Gasteiger partial charge in [-0.15, -0.1) is 11.8 Å². The van der Waals surface area contributed by atoms with Crippen molar-refractivity contribution in [1.82, 2.24) is 5.32 Å². The molecule has 94 valence electrons. The summed E-state index contributed by atoms with van der Waals surface area (Å²) < 4.78 is 4.95. The van der Waals surface area contributed by atoms with Gasteiger partial charge in [-0.3, -0.25) is 0 Å². The average Bonchev–Trinajstić information content (AvgIpc) is 2.29. The molecule has 17 heavy (non-hydrogen) atoms. The number of ether oxygens (including phenoxy) is 1. The van der Waals surface area contributed by atoms with E-state index in [2.05, 4.69) is 10.6 Å². The molecule has 2 amide bonds. The van der Waals surface area contributed by atoms with E-state index >= 15 is 0 Å². The maximum atomic E-state index is 11.7. The van der Waals surface area contributed by atoms with Gasteiger partial charge in [0.15, 0.2) is 0 Å². The third-order valence-corrected chi connectivity index (χ3v) is 2.95. The van der Waals surface area contributed by atoms with Gasteiger partial charge in [-0.25, -0.2) is 4.79 Å². The second-order valence-corrected chi connectivity index (χ2v) is 4.50. The molecule has 1 aromatic rings. The molecule has 0 saturated heterocycles. The fraction of sp³-hybridized carbons (Fsp3) is 0.417. The molecule has 0 radical (unpaired) electrons. The van der Waals surface area contributed by atoms with Gasteiger partial charge in [-0.1, -0.05) is 12.1 Å². The molecule has 0 heterocycles. The summed E-state index contributed by atoms with van der Waals surface area (Å²) in [4.78, 5) is 12.7. The van der Waals surface area contributed by atoms with E-state index < -0.39 is 0 Å². The minimum Gasteiger partial charge on any atom is -0.383 e. The molecule has 0 spiro atoms. The number of amides is 2. The summed E-state index contributed by atoms with van der Waals surface area (Å²) in [6.45, 7) is 2.39. The number of carbonyl (C=O) groups excluding carboxylic acids is 1. The molecule has 4 nitrogen and oxygen atoms in total. The average molecular weight is 254 g/mol. The summed E-state index contributed by atoms with van der Waals surface area (Å²) in [7, 11) is 1.61. The van der Waals surface area contributed by atoms with Crippen LogP contribution in [0.4, 0.5) is 10.5 Å². The number of carbonyl (C=O) groups is 1. The van der Waals surface area contributed by atoms with Crippen molar-refractivity contribution < 1.29 is 9.53 Å². The lowest BCUT2D eigenvalue weighted by Gasteiger charge is -2.14. The fourth-order valence-corrected chi connectivity index (χ4v) is 1.98. The first kappa shape index (κ1) is 13.9. The molecule has 0 bridgehead atoms. The maximum Gasteiger partial charge on any atom is 0.319 e. The number of hydrogen-bond acceptors (Lipinski definition) is 3. The van der Waals surface area contributed by atoms with Crippen molar-refractivity contribution in [2.24, 2.45) is 0 Å². The number of rotatable bonds is 5. The third-order valence-electron chi connectivity index (χ3n) is 2.15. The van der Waals surface area contributed by atoms with Crippen LogP contribution in [0.1, 0.15) is 6.92 Å². The SMILES string of the molecule is COC[C@@H](C)NC(=O)Nc1ccccc1SC. The smallest absolute Gasteiger partial charge is 0.319 e. The highest BCUT2D eigenvalue weighted by atomic mass is 32.2. The molecule has 5 heteroatoms. The Labute approximate surface area is 106 Å². The molecule has 0 aliphatic rings. The predicted octanol–water partition coefficient (Wildman–Crippen LogP) is 2.56. The Morgan fingerprint density at radius 3 is 2.82 bits per heavy atom. The number of methoxy groups -OCH3 is 1. The summed E-state index contributed by atoms with van der Waals surface area (Å²) >= 11 is 1.60. The number of hydrogen-bond donors (Lipinski definition) is 2. The van der Waals surface area contributed by atoms with Crippen LogP contribution in [0, 0.1) is 0 Å². The Balaban J connectivity index is 2.55. The van der Waals surface area contributed by atoms with Crippen molar-refractivity contribution in [2.75, 3.05) is 25.3 Å². The molecule has 0 aliphatic carbocycles. The van der Waals surface area contributed by atoms with Crippen molar-refractivity contribution in [3.05, 3.63) is 24.3 Å². The molecular weight excluding hydrogens is 236 g/mol. The number of anilines is 1. The Hall–Kier alpha value is -1.20. The monoisotopic (exact) mass is 254 g/mol. The van der Waals surface area contributed by atoms with Crippen LogP contribution in [0.5, 0.6) is 0 Å². The zero-order chi connectivity index (χ0) is 12.7. The van der Waals surface area contributed by atoms with Gasteiger partial charge < -0.3 is 15.4 Å². The number of urea groups is 1. The van der Waals surface area contributed by atoms with Gasteiger partial charge in [0.25, 0.3) is 0 Å². The highest BCUT2D eigenvalue weighted by Crippen LogP contribution is 2.24. The van der Waals surface area contributed by atoms with Crippen LogP contribution >= 0.6 is 11.8 Å². The van der Waals surface area contributed by atoms with E-state index in [1.165, 1.54) is 0 Å². The summed E-state index contributed by atoms with van der Waals surface area (Å²) in [6.07, 6.45) is 1.98. The fourth-order valence-electron chi connectivity index (χ4n) is 1.42. The van der Waals surface area contributed by atoms with Crippen molar-refractivity contribution in [3.8, 4) is 0 Å². The topological polar surface area (TPSA) is 50.4 Å². The lowest BCUT2D eigenvalue weighted by Crippen LogP contribution is -2.38. The maximum absolute atomic E-state index is 11.7. The van der Waals surface area contributed by atoms with E-state index in [9.17, 15) is 4.79 Å². The van der Waals surface area contributed by atoms with Crippen molar-refractivity contribution in [1.29, 1.82) is 0 Å². The first-order chi connectivity index (χ1) is 8.17. The van der Waals surface area contributed by atoms with Crippen LogP contribution in [-0.4, -0.2) is 32.0 Å². The quantitative estimate of drug-likeness (QED) is 0.794. The van der Waals surface area contributed by atoms with Crippen LogP contribution in [-0.2, 0) is 4.74 Å². The van der Waals surface area contributed by atoms with Crippen LogP contribution in [0.3, 0.4) is 0 Å². The molecule has 1 rings (SSSR count). The minimum atomic E-state index is -0.212. The van der Waals surface area contributed by atoms with Crippen LogP contribution in [0.2, 0.25) is 0 Å². The minimum absolute atomic E-state index is 0.0126. The van der Waals surface area contributed by atoms with E-state index in [0.717, 1.165) is 10.6 Å². The van der Waals surface area contributed by atoms with Crippen LogP contribution in [0.15, 0.2) is 29.2 Å². The number of thioether (sulfide) groups is 1. The van der Waals surface area contributed by atoms with Crippen molar-refractivity contribution >= 4 is 23.5 Å². The molecular formula is C12H18N2O2S. The Morgan fingerprint density at radius 2 is 2.18 bits per heavy atom. The van der Waals surface area contributed by atoms with Crippen LogP contribution < -0.4 is 10.6 Å². The third kappa shape index (κ3) is 4.66. The van der Waals surface area contributed by atoms with Crippen LogP contribution in [0.25, 0.3) is 0 Å². The zero-order valence-corrected chi connectivity index (χ0v) is 11.1. The lowest BCUT2D eigenvalue weighted by atomic mass is 10.3. The number of para-hydroxylation sites is 1. The Kier molecular flexibility index (Phi) is 5.86. The molecule has 0 saturated carbocycles. The van der Waals surface area contributed by atoms with Gasteiger partial charge in [0.2, 0.25) is 0 Å². The van der Waals surface area contributed by atoms with E-state index in [1.807, 2.05) is 37.4 Å². The number of benzene rings is 1. The van der Waals surface area contributed by atoms with Gasteiger partial charge in [-0.05, 0) is 25.3 Å². The van der Waals surface area contributed by atoms with Gasteiger partial charge in [0.1, 0.15) is 0 Å². The second-order valence-electron chi connectivity index (χ2n) is 3.66. The largest absolute Gasteiger partial charge is 0.383 e. The molecule has 0 aliphatic heterocycles. The van der Waals surface area contributed by atoms with Gasteiger partial charge in [0.05, 0.1) is 18.3 Å². The highest BCUT2D eigenvalue weighted by molar-refractivity contribution is 7.98. The standard InChI is InChI=1S/C12H18N2O2S/c1-9(8-16-2)13-12(15)14-10-6-4-5-7-11(10)17-3/h4-7,9H,8H2,1-3H3,(H2,13,14,15)/t9-/m1/s1. The lowest BCUT2D eigenvalue weighted by molar-refractivity contribution is 0.173. The summed E-state index contributed by atoms with van der Waals surface area (Å²) in [5.74, 6) is 0. The van der Waals surface area contributed by atoms with Crippen molar-refractivity contribution in [3.63, 3.8) is 0 Å². The Bertz CT molecular complexity index is 371.